The van der Waals surface area contributed by atoms with Crippen LogP contribution in [0.2, 0.25) is 0 Å². The molecule has 0 saturated heterocycles. The van der Waals surface area contributed by atoms with E-state index in [2.05, 4.69) is 27.8 Å². The zero-order valence-electron chi connectivity index (χ0n) is 17.9. The highest BCUT2D eigenvalue weighted by atomic mass is 32.2. The van der Waals surface area contributed by atoms with Gasteiger partial charge in [0.2, 0.25) is 0 Å². The quantitative estimate of drug-likeness (QED) is 0.387. The van der Waals surface area contributed by atoms with Crippen molar-refractivity contribution in [1.82, 2.24) is 16.2 Å². The van der Waals surface area contributed by atoms with Crippen molar-refractivity contribution in [2.75, 3.05) is 4.72 Å². The van der Waals surface area contributed by atoms with Crippen LogP contribution in [0.15, 0.2) is 47.4 Å². The number of sulfonamides is 1. The molecule has 2 unspecified atom stereocenters. The number of hydrogen-bond acceptors (Lipinski definition) is 4. The number of benzene rings is 2. The lowest BCUT2D eigenvalue weighted by atomic mass is 9.86. The van der Waals surface area contributed by atoms with E-state index in [1.165, 1.54) is 30.7 Å². The topological polar surface area (TPSA) is 99.3 Å². The molecule has 2 atom stereocenters. The molecular formula is C22H27FN4O3S2. The van der Waals surface area contributed by atoms with Crippen molar-refractivity contribution in [3.63, 3.8) is 0 Å². The fourth-order valence-corrected chi connectivity index (χ4v) is 4.86. The summed E-state index contributed by atoms with van der Waals surface area (Å²) in [6.07, 6.45) is 4.54. The summed E-state index contributed by atoms with van der Waals surface area (Å²) in [7, 11) is -4.01. The average molecular weight is 479 g/mol. The number of aryl methyl sites for hydroxylation is 1. The maximum atomic E-state index is 13.8. The van der Waals surface area contributed by atoms with Crippen LogP contribution < -0.4 is 20.9 Å². The van der Waals surface area contributed by atoms with Crippen LogP contribution in [-0.2, 0) is 10.0 Å². The largest absolute Gasteiger partial charge is 0.358 e. The smallest absolute Gasteiger partial charge is 0.269 e. The molecule has 4 N–H and O–H groups in total. The van der Waals surface area contributed by atoms with Crippen molar-refractivity contribution in [3.8, 4) is 0 Å². The number of thiocarbonyl (C=S) groups is 1. The number of carbonyl (C=O) groups excluding carboxylic acids is 1. The molecule has 10 heteroatoms. The predicted molar refractivity (Wildman–Crippen MR) is 126 cm³/mol. The van der Waals surface area contributed by atoms with E-state index >= 15 is 0 Å². The molecule has 0 aliphatic heterocycles. The third-order valence-electron chi connectivity index (χ3n) is 5.55. The molecule has 1 amide bonds. The van der Waals surface area contributed by atoms with E-state index in [-0.39, 0.29) is 22.2 Å². The Bertz CT molecular complexity index is 1110. The van der Waals surface area contributed by atoms with E-state index in [0.717, 1.165) is 25.3 Å². The van der Waals surface area contributed by atoms with E-state index in [1.807, 2.05) is 0 Å². The first-order chi connectivity index (χ1) is 15.2. The molecule has 0 radical (unpaired) electrons. The molecule has 0 bridgehead atoms. The van der Waals surface area contributed by atoms with E-state index in [4.69, 9.17) is 12.2 Å². The van der Waals surface area contributed by atoms with Crippen molar-refractivity contribution >= 4 is 38.9 Å². The summed E-state index contributed by atoms with van der Waals surface area (Å²) in [5.74, 6) is -0.585. The first-order valence-electron chi connectivity index (χ1n) is 10.4. The normalized spacial score (nSPS) is 18.5. The number of nitrogens with one attached hydrogen (secondary N) is 4. The zero-order chi connectivity index (χ0) is 23.3. The van der Waals surface area contributed by atoms with Gasteiger partial charge in [0.05, 0.1) is 4.90 Å². The number of hydrogen-bond donors (Lipinski definition) is 4. The number of carbonyl (C=O) groups is 1. The second kappa shape index (κ2) is 10.3. The van der Waals surface area contributed by atoms with Gasteiger partial charge in [-0.05, 0) is 73.8 Å². The minimum Gasteiger partial charge on any atom is -0.358 e. The Hall–Kier alpha value is -2.72. The van der Waals surface area contributed by atoms with Crippen LogP contribution in [0.5, 0.6) is 0 Å². The summed E-state index contributed by atoms with van der Waals surface area (Å²) in [6, 6.07) is 9.92. The van der Waals surface area contributed by atoms with Crippen molar-refractivity contribution < 1.29 is 17.6 Å². The summed E-state index contributed by atoms with van der Waals surface area (Å²) in [5, 5.41) is 3.56. The Morgan fingerprint density at radius 3 is 2.56 bits per heavy atom. The average Bonchev–Trinajstić information content (AvgIpc) is 2.75. The van der Waals surface area contributed by atoms with Gasteiger partial charge in [0.25, 0.3) is 15.9 Å². The van der Waals surface area contributed by atoms with E-state index in [0.29, 0.717) is 16.6 Å². The van der Waals surface area contributed by atoms with Gasteiger partial charge in [-0.25, -0.2) is 12.8 Å². The van der Waals surface area contributed by atoms with E-state index in [1.54, 1.807) is 19.1 Å². The summed E-state index contributed by atoms with van der Waals surface area (Å²) in [5.41, 5.74) is 5.96. The molecule has 1 saturated carbocycles. The number of halogens is 1. The van der Waals surface area contributed by atoms with E-state index in [9.17, 15) is 17.6 Å². The minimum atomic E-state index is -4.01. The highest BCUT2D eigenvalue weighted by Gasteiger charge is 2.22. The fourth-order valence-electron chi connectivity index (χ4n) is 3.60. The lowest BCUT2D eigenvalue weighted by Crippen LogP contribution is -2.51. The Balaban J connectivity index is 1.60. The number of hydrazine groups is 1. The van der Waals surface area contributed by atoms with Gasteiger partial charge < -0.3 is 5.32 Å². The van der Waals surface area contributed by atoms with Gasteiger partial charge >= 0.3 is 0 Å². The van der Waals surface area contributed by atoms with Crippen LogP contribution in [0, 0.1) is 18.7 Å². The summed E-state index contributed by atoms with van der Waals surface area (Å²) in [4.78, 5) is 12.3. The summed E-state index contributed by atoms with van der Waals surface area (Å²) in [6.45, 7) is 3.72. The van der Waals surface area contributed by atoms with Crippen LogP contribution in [-0.4, -0.2) is 25.5 Å². The SMILES string of the molecule is Cc1ccc(S(=O)(=O)Nc2cccc(C(=O)NNC(=S)NC3CCCCC3C)c2)cc1F. The Morgan fingerprint density at radius 2 is 1.84 bits per heavy atom. The van der Waals surface area contributed by atoms with Crippen LogP contribution in [0.1, 0.15) is 48.5 Å². The second-order valence-electron chi connectivity index (χ2n) is 8.02. The van der Waals surface area contributed by atoms with Gasteiger partial charge in [-0.2, -0.15) is 0 Å². The van der Waals surface area contributed by atoms with Gasteiger partial charge in [0.1, 0.15) is 5.82 Å². The minimum absolute atomic E-state index is 0.176. The van der Waals surface area contributed by atoms with Gasteiger partial charge in [-0.1, -0.05) is 31.9 Å². The molecule has 0 spiro atoms. The van der Waals surface area contributed by atoms with E-state index < -0.39 is 21.7 Å². The predicted octanol–water partition coefficient (Wildman–Crippen LogP) is 3.62. The fraction of sp³-hybridized carbons (Fsp3) is 0.364. The van der Waals surface area contributed by atoms with Crippen LogP contribution in [0.25, 0.3) is 0 Å². The molecule has 2 aromatic rings. The highest BCUT2D eigenvalue weighted by molar-refractivity contribution is 7.92. The molecule has 172 valence electrons. The standard InChI is InChI=1S/C22H27FN4O3S2/c1-14-10-11-18(13-19(14)23)32(29,30)27-17-8-5-7-16(12-17)21(28)25-26-22(31)24-20-9-4-3-6-15(20)2/h5,7-8,10-13,15,20,27H,3-4,6,9H2,1-2H3,(H,25,28)(H2,24,26,31). The molecular weight excluding hydrogens is 451 g/mol. The molecule has 7 nitrogen and oxygen atoms in total. The maximum Gasteiger partial charge on any atom is 0.269 e. The molecule has 1 aliphatic rings. The van der Waals surface area contributed by atoms with Crippen molar-refractivity contribution in [2.24, 2.45) is 5.92 Å². The monoisotopic (exact) mass is 478 g/mol. The van der Waals surface area contributed by atoms with Gasteiger partial charge in [0, 0.05) is 17.3 Å². The van der Waals surface area contributed by atoms with Crippen LogP contribution >= 0.6 is 12.2 Å². The molecule has 2 aromatic carbocycles. The second-order valence-corrected chi connectivity index (χ2v) is 10.1. The third-order valence-corrected chi connectivity index (χ3v) is 7.15. The number of anilines is 1. The molecule has 1 fully saturated rings. The van der Waals surface area contributed by atoms with Crippen LogP contribution in [0.3, 0.4) is 0 Å². The Kier molecular flexibility index (Phi) is 7.68. The zero-order valence-corrected chi connectivity index (χ0v) is 19.6. The highest BCUT2D eigenvalue weighted by Crippen LogP contribution is 2.23. The Labute approximate surface area is 193 Å². The molecule has 0 heterocycles. The van der Waals surface area contributed by atoms with Gasteiger partial charge in [-0.15, -0.1) is 0 Å². The van der Waals surface area contributed by atoms with Crippen molar-refractivity contribution in [2.45, 2.75) is 50.5 Å². The van der Waals surface area contributed by atoms with Gasteiger partial charge in [0.15, 0.2) is 5.11 Å². The lowest BCUT2D eigenvalue weighted by molar-refractivity contribution is 0.0943. The number of rotatable bonds is 5. The maximum absolute atomic E-state index is 13.8. The lowest BCUT2D eigenvalue weighted by Gasteiger charge is -2.30. The van der Waals surface area contributed by atoms with Crippen LogP contribution in [0.4, 0.5) is 10.1 Å². The first-order valence-corrected chi connectivity index (χ1v) is 12.3. The number of amides is 1. The summed E-state index contributed by atoms with van der Waals surface area (Å²) >= 11 is 5.27. The molecule has 32 heavy (non-hydrogen) atoms. The molecule has 1 aliphatic carbocycles. The molecule has 3 rings (SSSR count). The van der Waals surface area contributed by atoms with Gasteiger partial charge in [-0.3, -0.25) is 20.4 Å². The van der Waals surface area contributed by atoms with Crippen molar-refractivity contribution in [3.05, 3.63) is 59.4 Å². The first kappa shape index (κ1) is 23.9. The third kappa shape index (κ3) is 6.17. The van der Waals surface area contributed by atoms with Crippen molar-refractivity contribution in [1.29, 1.82) is 0 Å². The summed E-state index contributed by atoms with van der Waals surface area (Å²) < 4.78 is 41.3. The molecule has 0 aromatic heterocycles. The Morgan fingerprint density at radius 1 is 1.09 bits per heavy atom.